The molecule has 2 rings (SSSR count). The SMILES string of the molecule is CCN(CC)C(=O)c1sc(NC(=S)Nc2cc(C)cc(C)c2)c(C(=O)OC)c1C. The van der Waals surface area contributed by atoms with Gasteiger partial charge < -0.3 is 20.3 Å². The summed E-state index contributed by atoms with van der Waals surface area (Å²) in [5.74, 6) is -0.613. The van der Waals surface area contributed by atoms with E-state index < -0.39 is 5.97 Å². The smallest absolute Gasteiger partial charge is 0.341 e. The molecule has 0 aliphatic carbocycles. The molecule has 1 aromatic carbocycles. The summed E-state index contributed by atoms with van der Waals surface area (Å²) >= 11 is 6.65. The van der Waals surface area contributed by atoms with E-state index in [4.69, 9.17) is 17.0 Å². The van der Waals surface area contributed by atoms with Gasteiger partial charge in [-0.3, -0.25) is 4.79 Å². The van der Waals surface area contributed by atoms with E-state index in [2.05, 4.69) is 16.7 Å². The third kappa shape index (κ3) is 5.33. The van der Waals surface area contributed by atoms with Crippen molar-refractivity contribution < 1.29 is 14.3 Å². The summed E-state index contributed by atoms with van der Waals surface area (Å²) in [4.78, 5) is 27.5. The molecule has 29 heavy (non-hydrogen) atoms. The van der Waals surface area contributed by atoms with Gasteiger partial charge >= 0.3 is 5.97 Å². The summed E-state index contributed by atoms with van der Waals surface area (Å²) in [6.45, 7) is 10.8. The molecular formula is C21H27N3O3S2. The Kier molecular flexibility index (Phi) is 7.75. The highest BCUT2D eigenvalue weighted by atomic mass is 32.1. The third-order valence-electron chi connectivity index (χ3n) is 4.49. The summed E-state index contributed by atoms with van der Waals surface area (Å²) in [7, 11) is 1.32. The number of esters is 1. The Hall–Kier alpha value is -2.45. The second-order valence-corrected chi connectivity index (χ2v) is 8.11. The van der Waals surface area contributed by atoms with Crippen molar-refractivity contribution in [2.75, 3.05) is 30.8 Å². The van der Waals surface area contributed by atoms with Crippen LogP contribution in [0.4, 0.5) is 10.7 Å². The highest BCUT2D eigenvalue weighted by Gasteiger charge is 2.27. The van der Waals surface area contributed by atoms with Gasteiger partial charge in [-0.2, -0.15) is 0 Å². The van der Waals surface area contributed by atoms with E-state index in [0.717, 1.165) is 16.8 Å². The molecule has 8 heteroatoms. The van der Waals surface area contributed by atoms with Gasteiger partial charge in [0.1, 0.15) is 5.00 Å². The Morgan fingerprint density at radius 1 is 1.07 bits per heavy atom. The van der Waals surface area contributed by atoms with Gasteiger partial charge in [-0.15, -0.1) is 11.3 Å². The number of rotatable bonds is 6. The van der Waals surface area contributed by atoms with Gasteiger partial charge in [0.15, 0.2) is 5.11 Å². The van der Waals surface area contributed by atoms with E-state index in [1.807, 2.05) is 39.8 Å². The number of amides is 1. The number of carbonyl (C=O) groups excluding carboxylic acids is 2. The summed E-state index contributed by atoms with van der Waals surface area (Å²) in [5.41, 5.74) is 4.01. The lowest BCUT2D eigenvalue weighted by Gasteiger charge is -2.18. The minimum absolute atomic E-state index is 0.108. The van der Waals surface area contributed by atoms with Gasteiger partial charge in [0, 0.05) is 18.8 Å². The van der Waals surface area contributed by atoms with Crippen molar-refractivity contribution in [2.24, 2.45) is 0 Å². The van der Waals surface area contributed by atoms with Crippen molar-refractivity contribution in [3.05, 3.63) is 45.3 Å². The number of nitrogens with one attached hydrogen (secondary N) is 2. The molecule has 2 aromatic rings. The number of hydrogen-bond donors (Lipinski definition) is 2. The monoisotopic (exact) mass is 433 g/mol. The maximum Gasteiger partial charge on any atom is 0.341 e. The molecule has 0 aliphatic rings. The van der Waals surface area contributed by atoms with Crippen LogP contribution in [0.2, 0.25) is 0 Å². The Labute approximate surface area is 181 Å². The number of ether oxygens (including phenoxy) is 1. The fraction of sp³-hybridized carbons (Fsp3) is 0.381. The van der Waals surface area contributed by atoms with Crippen LogP contribution in [0, 0.1) is 20.8 Å². The molecule has 0 fully saturated rings. The van der Waals surface area contributed by atoms with Crippen LogP contribution in [0.3, 0.4) is 0 Å². The fourth-order valence-corrected chi connectivity index (χ4v) is 4.57. The van der Waals surface area contributed by atoms with E-state index in [9.17, 15) is 9.59 Å². The van der Waals surface area contributed by atoms with Crippen LogP contribution in [0.25, 0.3) is 0 Å². The number of nitrogens with zero attached hydrogens (tertiary/aromatic N) is 1. The van der Waals surface area contributed by atoms with Gasteiger partial charge in [0.05, 0.1) is 17.6 Å². The first kappa shape index (κ1) is 22.8. The first-order chi connectivity index (χ1) is 13.7. The molecule has 1 amide bonds. The number of hydrogen-bond acceptors (Lipinski definition) is 5. The maximum atomic E-state index is 12.9. The number of thiocarbonyl (C=S) groups is 1. The second-order valence-electron chi connectivity index (χ2n) is 6.68. The van der Waals surface area contributed by atoms with Crippen molar-refractivity contribution in [3.63, 3.8) is 0 Å². The lowest BCUT2D eigenvalue weighted by atomic mass is 10.1. The molecule has 0 aliphatic heterocycles. The molecule has 0 bridgehead atoms. The number of aryl methyl sites for hydroxylation is 2. The van der Waals surface area contributed by atoms with E-state index in [1.165, 1.54) is 18.4 Å². The molecule has 0 spiro atoms. The van der Waals surface area contributed by atoms with Crippen LogP contribution in [0.1, 0.15) is 50.6 Å². The van der Waals surface area contributed by atoms with Gasteiger partial charge in [-0.05, 0) is 75.7 Å². The largest absolute Gasteiger partial charge is 0.465 e. The molecule has 0 radical (unpaired) electrons. The predicted molar refractivity (Wildman–Crippen MR) is 123 cm³/mol. The van der Waals surface area contributed by atoms with E-state index in [0.29, 0.717) is 39.2 Å². The first-order valence-corrected chi connectivity index (χ1v) is 10.6. The molecule has 0 unspecified atom stereocenters. The van der Waals surface area contributed by atoms with Crippen molar-refractivity contribution in [1.29, 1.82) is 0 Å². The van der Waals surface area contributed by atoms with Crippen molar-refractivity contribution in [1.82, 2.24) is 4.90 Å². The molecule has 156 valence electrons. The highest BCUT2D eigenvalue weighted by molar-refractivity contribution is 7.80. The average molecular weight is 434 g/mol. The zero-order chi connectivity index (χ0) is 21.7. The summed E-state index contributed by atoms with van der Waals surface area (Å²) in [6.07, 6.45) is 0. The number of carbonyl (C=O) groups is 2. The van der Waals surface area contributed by atoms with Gasteiger partial charge in [-0.1, -0.05) is 6.07 Å². The third-order valence-corrected chi connectivity index (χ3v) is 5.89. The zero-order valence-corrected chi connectivity index (χ0v) is 19.3. The Morgan fingerprint density at radius 2 is 1.66 bits per heavy atom. The molecule has 1 heterocycles. The Bertz CT molecular complexity index is 913. The van der Waals surface area contributed by atoms with Crippen LogP contribution >= 0.6 is 23.6 Å². The average Bonchev–Trinajstić information content (AvgIpc) is 2.96. The van der Waals surface area contributed by atoms with E-state index in [-0.39, 0.29) is 5.91 Å². The molecule has 0 saturated carbocycles. The molecule has 0 saturated heterocycles. The van der Waals surface area contributed by atoms with Crippen LogP contribution in [-0.2, 0) is 4.74 Å². The summed E-state index contributed by atoms with van der Waals surface area (Å²) in [5, 5.41) is 7.04. The van der Waals surface area contributed by atoms with Crippen LogP contribution in [0.15, 0.2) is 18.2 Å². The topological polar surface area (TPSA) is 70.7 Å². The number of benzene rings is 1. The summed E-state index contributed by atoms with van der Waals surface area (Å²) < 4.78 is 4.93. The molecule has 0 atom stereocenters. The normalized spacial score (nSPS) is 10.4. The van der Waals surface area contributed by atoms with Crippen LogP contribution in [-0.4, -0.2) is 42.1 Å². The van der Waals surface area contributed by atoms with Crippen molar-refractivity contribution in [2.45, 2.75) is 34.6 Å². The lowest BCUT2D eigenvalue weighted by Crippen LogP contribution is -2.30. The maximum absolute atomic E-state index is 12.9. The van der Waals surface area contributed by atoms with Gasteiger partial charge in [0.25, 0.3) is 5.91 Å². The van der Waals surface area contributed by atoms with Gasteiger partial charge in [0.2, 0.25) is 0 Å². The highest BCUT2D eigenvalue weighted by Crippen LogP contribution is 2.34. The first-order valence-electron chi connectivity index (χ1n) is 9.39. The zero-order valence-electron chi connectivity index (χ0n) is 17.6. The standard InChI is InChI=1S/C21H27N3O3S2/c1-7-24(8-2)19(25)17-14(5)16(20(26)27-6)18(29-17)23-21(28)22-15-10-12(3)9-13(4)11-15/h9-11H,7-8H2,1-6H3,(H2,22,23,28). The minimum atomic E-state index is -0.506. The quantitative estimate of drug-likeness (QED) is 0.506. The lowest BCUT2D eigenvalue weighted by molar-refractivity contribution is 0.0601. The van der Waals surface area contributed by atoms with Crippen LogP contribution < -0.4 is 10.6 Å². The van der Waals surface area contributed by atoms with E-state index >= 15 is 0 Å². The van der Waals surface area contributed by atoms with E-state index in [1.54, 1.807) is 11.8 Å². The fourth-order valence-electron chi connectivity index (χ4n) is 3.12. The minimum Gasteiger partial charge on any atom is -0.465 e. The van der Waals surface area contributed by atoms with Crippen molar-refractivity contribution in [3.8, 4) is 0 Å². The summed E-state index contributed by atoms with van der Waals surface area (Å²) in [6, 6.07) is 6.04. The van der Waals surface area contributed by atoms with Crippen LogP contribution in [0.5, 0.6) is 0 Å². The molecule has 1 aromatic heterocycles. The van der Waals surface area contributed by atoms with Gasteiger partial charge in [-0.25, -0.2) is 4.79 Å². The number of thiophene rings is 1. The number of anilines is 2. The molecule has 2 N–H and O–H groups in total. The predicted octanol–water partition coefficient (Wildman–Crippen LogP) is 4.75. The van der Waals surface area contributed by atoms with Crippen molar-refractivity contribution >= 4 is 51.2 Å². The molecule has 6 nitrogen and oxygen atoms in total. The number of methoxy groups -OCH3 is 1. The second kappa shape index (κ2) is 9.84. The Balaban J connectivity index is 2.35. The molecular weight excluding hydrogens is 406 g/mol. The Morgan fingerprint density at radius 3 is 2.17 bits per heavy atom.